The van der Waals surface area contributed by atoms with Gasteiger partial charge in [-0.3, -0.25) is 14.4 Å². The van der Waals surface area contributed by atoms with Crippen LogP contribution in [0.4, 0.5) is 4.79 Å². The Morgan fingerprint density at radius 1 is 1.17 bits per heavy atom. The number of nitrogens with two attached hydrogens (primary N) is 1. The van der Waals surface area contributed by atoms with Crippen LogP contribution in [-0.4, -0.2) is 83.4 Å². The van der Waals surface area contributed by atoms with Gasteiger partial charge in [-0.05, 0) is 30.4 Å². The Morgan fingerprint density at radius 2 is 1.86 bits per heavy atom. The summed E-state index contributed by atoms with van der Waals surface area (Å²) in [4.78, 5) is 57.1. The predicted molar refractivity (Wildman–Crippen MR) is 157 cm³/mol. The smallest absolute Gasteiger partial charge is 0.404 e. The van der Waals surface area contributed by atoms with E-state index in [-0.39, 0.29) is 44.7 Å². The maximum atomic E-state index is 13.7. The molecule has 230 valence electrons. The second kappa shape index (κ2) is 14.6. The van der Waals surface area contributed by atoms with Crippen LogP contribution < -0.4 is 16.4 Å². The summed E-state index contributed by atoms with van der Waals surface area (Å²) in [5, 5.41) is 16.1. The Hall–Kier alpha value is -3.55. The molecule has 1 aliphatic rings. The molecule has 0 radical (unpaired) electrons. The second-order valence-electron chi connectivity index (χ2n) is 11.5. The molecular weight excluding hydrogens is 562 g/mol. The molecule has 0 saturated carbocycles. The first-order chi connectivity index (χ1) is 19.8. The minimum atomic E-state index is -0.965. The zero-order valence-electron chi connectivity index (χ0n) is 24.7. The van der Waals surface area contributed by atoms with Gasteiger partial charge in [0.05, 0.1) is 41.4 Å². The maximum Gasteiger partial charge on any atom is 0.404 e. The molecule has 13 heteroatoms. The molecule has 0 spiro atoms. The molecule has 12 nitrogen and oxygen atoms in total. The molecule has 0 aliphatic carbocycles. The number of hydrogen-bond acceptors (Lipinski definition) is 9. The van der Waals surface area contributed by atoms with Gasteiger partial charge in [0.1, 0.15) is 18.7 Å². The summed E-state index contributed by atoms with van der Waals surface area (Å²) >= 11 is 1.57. The Morgan fingerprint density at radius 3 is 2.45 bits per heavy atom. The zero-order valence-corrected chi connectivity index (χ0v) is 25.5. The third-order valence-electron chi connectivity index (χ3n) is 6.97. The Labute approximate surface area is 250 Å². The van der Waals surface area contributed by atoms with Crippen LogP contribution in [0.1, 0.15) is 57.8 Å². The van der Waals surface area contributed by atoms with Crippen molar-refractivity contribution in [3.8, 4) is 10.4 Å². The van der Waals surface area contributed by atoms with Crippen molar-refractivity contribution in [3.05, 3.63) is 41.0 Å². The highest BCUT2D eigenvalue weighted by Gasteiger charge is 2.44. The average molecular weight is 604 g/mol. The van der Waals surface area contributed by atoms with Crippen molar-refractivity contribution < 1.29 is 33.8 Å². The minimum Gasteiger partial charge on any atom is -0.450 e. The number of β-amino-alcohol motifs (C(OH)–C–C–N with tert-alkyl or cyclic N) is 1. The van der Waals surface area contributed by atoms with Crippen LogP contribution in [0.5, 0.6) is 0 Å². The summed E-state index contributed by atoms with van der Waals surface area (Å²) in [6, 6.07) is 5.68. The summed E-state index contributed by atoms with van der Waals surface area (Å²) in [6.45, 7) is 9.13. The number of carbonyl (C=O) groups is 4. The largest absolute Gasteiger partial charge is 0.450 e. The highest BCUT2D eigenvalue weighted by Crippen LogP contribution is 2.29. The van der Waals surface area contributed by atoms with Crippen LogP contribution in [-0.2, 0) is 23.9 Å². The first-order valence-electron chi connectivity index (χ1n) is 13.9. The van der Waals surface area contributed by atoms with E-state index in [9.17, 15) is 24.3 Å². The number of aryl methyl sites for hydroxylation is 1. The number of carbonyl (C=O) groups excluding carboxylic acids is 4. The molecule has 1 aromatic carbocycles. The Bertz CT molecular complexity index is 1240. The molecule has 1 aliphatic heterocycles. The number of likely N-dealkylation sites (tertiary alicyclic amines) is 1. The number of rotatable bonds is 12. The topological polar surface area (TPSA) is 173 Å². The second-order valence-corrected chi connectivity index (χ2v) is 12.3. The van der Waals surface area contributed by atoms with Crippen molar-refractivity contribution in [2.24, 2.45) is 11.1 Å². The van der Waals surface area contributed by atoms with Gasteiger partial charge in [-0.15, -0.1) is 11.3 Å². The highest BCUT2D eigenvalue weighted by atomic mass is 32.1. The molecule has 1 fully saturated rings. The number of primary amides is 1. The Kier molecular flexibility index (Phi) is 11.4. The van der Waals surface area contributed by atoms with Gasteiger partial charge in [0.25, 0.3) is 0 Å². The van der Waals surface area contributed by atoms with Crippen LogP contribution in [0, 0.1) is 12.3 Å². The first-order valence-corrected chi connectivity index (χ1v) is 14.7. The third kappa shape index (κ3) is 8.97. The summed E-state index contributed by atoms with van der Waals surface area (Å²) < 4.78 is 9.93. The zero-order chi connectivity index (χ0) is 31.0. The number of ether oxygens (including phenoxy) is 2. The number of benzene rings is 1. The maximum absolute atomic E-state index is 13.7. The fraction of sp³-hybridized carbons (Fsp3) is 0.552. The van der Waals surface area contributed by atoms with Gasteiger partial charge >= 0.3 is 6.09 Å². The van der Waals surface area contributed by atoms with E-state index in [4.69, 9.17) is 10.5 Å². The van der Waals surface area contributed by atoms with Crippen molar-refractivity contribution in [3.63, 3.8) is 0 Å². The van der Waals surface area contributed by atoms with E-state index in [0.29, 0.717) is 6.42 Å². The summed E-state index contributed by atoms with van der Waals surface area (Å²) in [5.41, 5.74) is 8.92. The van der Waals surface area contributed by atoms with Gasteiger partial charge < -0.3 is 35.8 Å². The summed E-state index contributed by atoms with van der Waals surface area (Å²) in [5.74, 6) is -1.35. The number of aromatic nitrogens is 1. The van der Waals surface area contributed by atoms with Crippen LogP contribution in [0.25, 0.3) is 10.4 Å². The average Bonchev–Trinajstić information content (AvgIpc) is 3.53. The van der Waals surface area contributed by atoms with E-state index >= 15 is 0 Å². The Balaban J connectivity index is 1.62. The van der Waals surface area contributed by atoms with Crippen LogP contribution in [0.15, 0.2) is 29.8 Å². The molecule has 0 bridgehead atoms. The normalized spacial score (nSPS) is 18.3. The van der Waals surface area contributed by atoms with E-state index in [2.05, 4.69) is 20.4 Å². The van der Waals surface area contributed by atoms with Crippen molar-refractivity contribution >= 4 is 35.2 Å². The highest BCUT2D eigenvalue weighted by molar-refractivity contribution is 7.13. The van der Waals surface area contributed by atoms with E-state index < -0.39 is 41.5 Å². The van der Waals surface area contributed by atoms with E-state index in [1.165, 1.54) is 4.90 Å². The number of nitrogens with one attached hydrogen (secondary N) is 2. The lowest BCUT2D eigenvalue weighted by atomic mass is 9.85. The van der Waals surface area contributed by atoms with Crippen molar-refractivity contribution in [1.82, 2.24) is 20.5 Å². The molecule has 1 unspecified atom stereocenters. The number of amides is 4. The molecule has 5 N–H and O–H groups in total. The molecular formula is C29H41N5O7S. The van der Waals surface area contributed by atoms with Crippen molar-refractivity contribution in [1.29, 1.82) is 0 Å². The van der Waals surface area contributed by atoms with Crippen LogP contribution in [0.3, 0.4) is 0 Å². The van der Waals surface area contributed by atoms with Crippen molar-refractivity contribution in [2.75, 3.05) is 26.4 Å². The molecule has 4 atom stereocenters. The molecule has 2 heterocycles. The third-order valence-corrected chi connectivity index (χ3v) is 7.95. The quantitative estimate of drug-likeness (QED) is 0.268. The summed E-state index contributed by atoms with van der Waals surface area (Å²) in [7, 11) is 0. The number of aliphatic hydroxyl groups excluding tert-OH is 1. The summed E-state index contributed by atoms with van der Waals surface area (Å²) in [6.07, 6.45) is -1.31. The standard InChI is InChI=1S/C29H41N5O7S/c1-17(19-7-9-20(10-8-19)24-18(2)31-16-42-24)32-26(37)22-13-21(35)14-34(22)27(38)25(29(3,4)5)33-23(36)15-40-11-6-12-41-28(30)39/h7-10,16-17,21-22,25,35H,6,11-15H2,1-5H3,(H2,30,39)(H,32,37)(H,33,36)/t17-,21+,22-,25?/m0/s1. The fourth-order valence-corrected chi connectivity index (χ4v) is 5.53. The first kappa shape index (κ1) is 33.0. The van der Waals surface area contributed by atoms with Gasteiger partial charge in [-0.25, -0.2) is 9.78 Å². The number of nitrogens with zero attached hydrogens (tertiary/aromatic N) is 2. The lowest BCUT2D eigenvalue weighted by Crippen LogP contribution is -2.58. The molecule has 3 rings (SSSR count). The molecule has 4 amide bonds. The number of aliphatic hydroxyl groups is 1. The molecule has 42 heavy (non-hydrogen) atoms. The molecule has 1 saturated heterocycles. The van der Waals surface area contributed by atoms with Gasteiger partial charge in [0.2, 0.25) is 17.7 Å². The molecule has 1 aromatic heterocycles. The fourth-order valence-electron chi connectivity index (χ4n) is 4.72. The van der Waals surface area contributed by atoms with Crippen molar-refractivity contribution in [2.45, 2.75) is 71.7 Å². The SMILES string of the molecule is Cc1ncsc1-c1ccc([C@H](C)NC(=O)[C@@H]2C[C@@H](O)CN2C(=O)C(NC(=O)COCCCOC(N)=O)C(C)(C)C)cc1. The van der Waals surface area contributed by atoms with Gasteiger partial charge in [-0.1, -0.05) is 45.0 Å². The minimum absolute atomic E-state index is 0.0208. The van der Waals surface area contributed by atoms with E-state index in [0.717, 1.165) is 21.7 Å². The van der Waals surface area contributed by atoms with Crippen LogP contribution in [0.2, 0.25) is 0 Å². The van der Waals surface area contributed by atoms with E-state index in [1.54, 1.807) is 37.6 Å². The van der Waals surface area contributed by atoms with Crippen LogP contribution >= 0.6 is 11.3 Å². The van der Waals surface area contributed by atoms with E-state index in [1.807, 2.05) is 38.1 Å². The monoisotopic (exact) mass is 603 g/mol. The number of hydrogen-bond donors (Lipinski definition) is 4. The van der Waals surface area contributed by atoms with Gasteiger partial charge in [-0.2, -0.15) is 0 Å². The van der Waals surface area contributed by atoms with Gasteiger partial charge in [0.15, 0.2) is 0 Å². The van der Waals surface area contributed by atoms with Gasteiger partial charge in [0, 0.05) is 19.4 Å². The lowest BCUT2D eigenvalue weighted by Gasteiger charge is -2.35. The predicted octanol–water partition coefficient (Wildman–Crippen LogP) is 2.29. The molecule has 2 aromatic rings. The lowest BCUT2D eigenvalue weighted by molar-refractivity contribution is -0.144. The number of thiazole rings is 1.